The summed E-state index contributed by atoms with van der Waals surface area (Å²) in [5.74, 6) is 1.30. The van der Waals surface area contributed by atoms with Crippen LogP contribution in [-0.4, -0.2) is 5.11 Å². The number of phenolic OH excluding ortho intramolecular Hbond substituents is 1. The molecule has 0 aliphatic carbocycles. The summed E-state index contributed by atoms with van der Waals surface area (Å²) < 4.78 is 5.55. The third kappa shape index (κ3) is 2.52. The van der Waals surface area contributed by atoms with Gasteiger partial charge in [0.1, 0.15) is 11.5 Å². The van der Waals surface area contributed by atoms with E-state index in [9.17, 15) is 5.11 Å². The fraction of sp³-hybridized carbons (Fsp3) is 0.0588. The van der Waals surface area contributed by atoms with Gasteiger partial charge >= 0.3 is 0 Å². The molecule has 1 N–H and O–H groups in total. The molecule has 0 amide bonds. The Kier molecular flexibility index (Phi) is 3.07. The molecule has 94 valence electrons. The number of allylic oxidation sites excluding steroid dienone is 2. The van der Waals surface area contributed by atoms with E-state index < -0.39 is 0 Å². The van der Waals surface area contributed by atoms with Gasteiger partial charge in [0.15, 0.2) is 0 Å². The summed E-state index contributed by atoms with van der Waals surface area (Å²) in [5.41, 5.74) is 2.20. The number of rotatable bonds is 2. The van der Waals surface area contributed by atoms with Crippen molar-refractivity contribution in [2.75, 3.05) is 0 Å². The molecule has 19 heavy (non-hydrogen) atoms. The maximum atomic E-state index is 9.31. The SMILES string of the molecule is Oc1ccc(C2=CC(c3ccccc3)C=CO2)cc1. The van der Waals surface area contributed by atoms with E-state index in [4.69, 9.17) is 4.74 Å². The number of hydrogen-bond acceptors (Lipinski definition) is 2. The quantitative estimate of drug-likeness (QED) is 0.870. The van der Waals surface area contributed by atoms with Crippen LogP contribution < -0.4 is 0 Å². The smallest absolute Gasteiger partial charge is 0.130 e. The van der Waals surface area contributed by atoms with Crippen molar-refractivity contribution in [1.29, 1.82) is 0 Å². The topological polar surface area (TPSA) is 29.5 Å². The molecule has 0 bridgehead atoms. The van der Waals surface area contributed by atoms with Gasteiger partial charge < -0.3 is 9.84 Å². The molecule has 1 unspecified atom stereocenters. The Morgan fingerprint density at radius 2 is 1.63 bits per heavy atom. The predicted octanol–water partition coefficient (Wildman–Crippen LogP) is 4.06. The highest BCUT2D eigenvalue weighted by Crippen LogP contribution is 2.29. The summed E-state index contributed by atoms with van der Waals surface area (Å²) >= 11 is 0. The first-order valence-electron chi connectivity index (χ1n) is 6.22. The van der Waals surface area contributed by atoms with E-state index >= 15 is 0 Å². The lowest BCUT2D eigenvalue weighted by Gasteiger charge is -2.17. The summed E-state index contributed by atoms with van der Waals surface area (Å²) in [6.07, 6.45) is 5.83. The van der Waals surface area contributed by atoms with Crippen molar-refractivity contribution in [2.45, 2.75) is 5.92 Å². The summed E-state index contributed by atoms with van der Waals surface area (Å²) in [5, 5.41) is 9.31. The van der Waals surface area contributed by atoms with Crippen LogP contribution in [0.1, 0.15) is 17.0 Å². The molecule has 0 saturated carbocycles. The van der Waals surface area contributed by atoms with Crippen LogP contribution in [0, 0.1) is 0 Å². The second kappa shape index (κ2) is 5.02. The molecular weight excluding hydrogens is 236 g/mol. The summed E-state index contributed by atoms with van der Waals surface area (Å²) in [6.45, 7) is 0. The third-order valence-electron chi connectivity index (χ3n) is 3.15. The highest BCUT2D eigenvalue weighted by Gasteiger charge is 2.13. The largest absolute Gasteiger partial charge is 0.508 e. The zero-order chi connectivity index (χ0) is 13.1. The fourth-order valence-corrected chi connectivity index (χ4v) is 2.13. The molecule has 2 aromatic rings. The van der Waals surface area contributed by atoms with E-state index in [0.717, 1.165) is 11.3 Å². The van der Waals surface area contributed by atoms with Crippen LogP contribution in [0.5, 0.6) is 5.75 Å². The van der Waals surface area contributed by atoms with Gasteiger partial charge in [0.2, 0.25) is 0 Å². The highest BCUT2D eigenvalue weighted by atomic mass is 16.5. The third-order valence-corrected chi connectivity index (χ3v) is 3.15. The van der Waals surface area contributed by atoms with Crippen molar-refractivity contribution in [3.63, 3.8) is 0 Å². The molecule has 1 heterocycles. The first-order valence-corrected chi connectivity index (χ1v) is 6.22. The van der Waals surface area contributed by atoms with Crippen LogP contribution in [-0.2, 0) is 4.74 Å². The molecule has 3 rings (SSSR count). The monoisotopic (exact) mass is 250 g/mol. The Balaban J connectivity index is 1.91. The van der Waals surface area contributed by atoms with Gasteiger partial charge in [-0.1, -0.05) is 30.3 Å². The molecular formula is C17H14O2. The van der Waals surface area contributed by atoms with Crippen molar-refractivity contribution in [3.05, 3.63) is 84.1 Å². The van der Waals surface area contributed by atoms with Crippen molar-refractivity contribution in [3.8, 4) is 5.75 Å². The van der Waals surface area contributed by atoms with Crippen LogP contribution in [0.4, 0.5) is 0 Å². The van der Waals surface area contributed by atoms with Gasteiger partial charge in [-0.05, 0) is 42.0 Å². The molecule has 2 heteroatoms. The average molecular weight is 250 g/mol. The van der Waals surface area contributed by atoms with Crippen molar-refractivity contribution in [2.24, 2.45) is 0 Å². The van der Waals surface area contributed by atoms with Crippen LogP contribution >= 0.6 is 0 Å². The number of aromatic hydroxyl groups is 1. The van der Waals surface area contributed by atoms with Crippen LogP contribution in [0.2, 0.25) is 0 Å². The molecule has 2 nitrogen and oxygen atoms in total. The van der Waals surface area contributed by atoms with Gasteiger partial charge in [0.05, 0.1) is 6.26 Å². The first kappa shape index (κ1) is 11.6. The maximum absolute atomic E-state index is 9.31. The average Bonchev–Trinajstić information content (AvgIpc) is 2.49. The van der Waals surface area contributed by atoms with Crippen molar-refractivity contribution < 1.29 is 9.84 Å². The Hall–Kier alpha value is -2.48. The van der Waals surface area contributed by atoms with Gasteiger partial charge in [-0.3, -0.25) is 0 Å². The van der Waals surface area contributed by atoms with Crippen molar-refractivity contribution in [1.82, 2.24) is 0 Å². The minimum Gasteiger partial charge on any atom is -0.508 e. The molecule has 0 aromatic heterocycles. The first-order chi connectivity index (χ1) is 9.33. The molecule has 0 radical (unpaired) electrons. The normalized spacial score (nSPS) is 17.7. The van der Waals surface area contributed by atoms with Crippen LogP contribution in [0.25, 0.3) is 5.76 Å². The molecule has 1 aliphatic rings. The Labute approximate surface area is 112 Å². The number of phenols is 1. The van der Waals surface area contributed by atoms with Crippen LogP contribution in [0.15, 0.2) is 73.0 Å². The minimum atomic E-state index is 0.221. The van der Waals surface area contributed by atoms with Gasteiger partial charge in [-0.15, -0.1) is 0 Å². The molecule has 0 fully saturated rings. The van der Waals surface area contributed by atoms with E-state index in [1.165, 1.54) is 5.56 Å². The second-order valence-electron chi connectivity index (χ2n) is 4.46. The molecule has 0 spiro atoms. The molecule has 1 atom stereocenters. The predicted molar refractivity (Wildman–Crippen MR) is 75.5 cm³/mol. The zero-order valence-electron chi connectivity index (χ0n) is 10.4. The van der Waals surface area contributed by atoms with Crippen LogP contribution in [0.3, 0.4) is 0 Å². The lowest BCUT2D eigenvalue weighted by Crippen LogP contribution is -1.99. The van der Waals surface area contributed by atoms with E-state index in [0.29, 0.717) is 0 Å². The zero-order valence-corrected chi connectivity index (χ0v) is 10.4. The second-order valence-corrected chi connectivity index (χ2v) is 4.46. The summed E-state index contributed by atoms with van der Waals surface area (Å²) in [4.78, 5) is 0. The number of hydrogen-bond donors (Lipinski definition) is 1. The van der Waals surface area contributed by atoms with Gasteiger partial charge in [-0.2, -0.15) is 0 Å². The Morgan fingerprint density at radius 1 is 0.895 bits per heavy atom. The van der Waals surface area contributed by atoms with Crippen molar-refractivity contribution >= 4 is 5.76 Å². The summed E-state index contributed by atoms with van der Waals surface area (Å²) in [6, 6.07) is 17.3. The molecule has 2 aromatic carbocycles. The fourth-order valence-electron chi connectivity index (χ4n) is 2.13. The lowest BCUT2D eigenvalue weighted by molar-refractivity contribution is 0.424. The Morgan fingerprint density at radius 3 is 2.37 bits per heavy atom. The van der Waals surface area contributed by atoms with Gasteiger partial charge in [0, 0.05) is 11.5 Å². The lowest BCUT2D eigenvalue weighted by atomic mass is 9.96. The van der Waals surface area contributed by atoms with E-state index in [1.807, 2.05) is 36.4 Å². The number of benzene rings is 2. The van der Waals surface area contributed by atoms with E-state index in [1.54, 1.807) is 18.4 Å². The van der Waals surface area contributed by atoms with Gasteiger partial charge in [0.25, 0.3) is 0 Å². The Bertz CT molecular complexity index is 609. The number of ether oxygens (including phenoxy) is 1. The maximum Gasteiger partial charge on any atom is 0.130 e. The summed E-state index contributed by atoms with van der Waals surface area (Å²) in [7, 11) is 0. The minimum absolute atomic E-state index is 0.221. The van der Waals surface area contributed by atoms with E-state index in [-0.39, 0.29) is 11.7 Å². The van der Waals surface area contributed by atoms with Gasteiger partial charge in [-0.25, -0.2) is 0 Å². The van der Waals surface area contributed by atoms with E-state index in [2.05, 4.69) is 18.2 Å². The standard InChI is InChI=1S/C17H14O2/c18-16-8-6-14(7-9-16)17-12-15(10-11-19-17)13-4-2-1-3-5-13/h1-12,15,18H. The highest BCUT2D eigenvalue weighted by molar-refractivity contribution is 5.63. The molecule has 1 aliphatic heterocycles. The molecule has 0 saturated heterocycles.